The minimum atomic E-state index is -0.516. The standard InChI is InChI=1S/C13H20N2O4/c1-8-10(12(16)18-6)11(17-5)15-9(14-8)7-19-13(2,3)4/h7H2,1-6H3. The van der Waals surface area contributed by atoms with E-state index in [1.807, 2.05) is 20.8 Å². The maximum absolute atomic E-state index is 11.6. The average molecular weight is 268 g/mol. The number of aromatic nitrogens is 2. The molecule has 0 radical (unpaired) electrons. The molecule has 0 aliphatic carbocycles. The number of hydrogen-bond donors (Lipinski definition) is 0. The van der Waals surface area contributed by atoms with Gasteiger partial charge in [0.1, 0.15) is 12.2 Å². The van der Waals surface area contributed by atoms with Crippen LogP contribution in [-0.4, -0.2) is 35.8 Å². The lowest BCUT2D eigenvalue weighted by Gasteiger charge is -2.19. The number of hydrogen-bond acceptors (Lipinski definition) is 6. The van der Waals surface area contributed by atoms with E-state index in [0.29, 0.717) is 11.5 Å². The second-order valence-electron chi connectivity index (χ2n) is 5.00. The van der Waals surface area contributed by atoms with E-state index in [9.17, 15) is 4.79 Å². The highest BCUT2D eigenvalue weighted by Crippen LogP contribution is 2.20. The van der Waals surface area contributed by atoms with E-state index >= 15 is 0 Å². The fourth-order valence-electron chi connectivity index (χ4n) is 1.43. The third-order valence-electron chi connectivity index (χ3n) is 2.32. The second-order valence-corrected chi connectivity index (χ2v) is 5.00. The molecule has 0 aromatic carbocycles. The van der Waals surface area contributed by atoms with E-state index in [4.69, 9.17) is 9.47 Å². The molecule has 0 saturated heterocycles. The molecule has 1 aromatic heterocycles. The Morgan fingerprint density at radius 2 is 1.84 bits per heavy atom. The first-order chi connectivity index (χ1) is 8.78. The van der Waals surface area contributed by atoms with Gasteiger partial charge in [-0.1, -0.05) is 0 Å². The summed E-state index contributed by atoms with van der Waals surface area (Å²) in [5, 5.41) is 0. The number of carbonyl (C=O) groups excluding carboxylic acids is 1. The van der Waals surface area contributed by atoms with Crippen LogP contribution in [0.15, 0.2) is 0 Å². The second kappa shape index (κ2) is 5.97. The van der Waals surface area contributed by atoms with Crippen molar-refractivity contribution in [1.82, 2.24) is 9.97 Å². The minimum Gasteiger partial charge on any atom is -0.480 e. The lowest BCUT2D eigenvalue weighted by atomic mass is 10.2. The lowest BCUT2D eigenvalue weighted by molar-refractivity contribution is -0.0184. The van der Waals surface area contributed by atoms with Crippen molar-refractivity contribution in [2.24, 2.45) is 0 Å². The highest BCUT2D eigenvalue weighted by atomic mass is 16.5. The molecule has 0 bridgehead atoms. The van der Waals surface area contributed by atoms with Gasteiger partial charge in [0.15, 0.2) is 5.82 Å². The summed E-state index contributed by atoms with van der Waals surface area (Å²) in [5.41, 5.74) is 0.460. The number of carbonyl (C=O) groups is 1. The Hall–Kier alpha value is -1.69. The molecule has 19 heavy (non-hydrogen) atoms. The quantitative estimate of drug-likeness (QED) is 0.777. The smallest absolute Gasteiger partial charge is 0.345 e. The number of methoxy groups -OCH3 is 2. The van der Waals surface area contributed by atoms with Gasteiger partial charge in [0.05, 0.1) is 25.5 Å². The van der Waals surface area contributed by atoms with Crippen molar-refractivity contribution in [2.45, 2.75) is 39.9 Å². The van der Waals surface area contributed by atoms with Crippen molar-refractivity contribution >= 4 is 5.97 Å². The molecule has 1 rings (SSSR count). The summed E-state index contributed by atoms with van der Waals surface area (Å²) < 4.78 is 15.4. The molecule has 0 aliphatic rings. The summed E-state index contributed by atoms with van der Waals surface area (Å²) in [4.78, 5) is 20.0. The Balaban J connectivity index is 3.06. The third-order valence-corrected chi connectivity index (χ3v) is 2.32. The lowest BCUT2D eigenvalue weighted by Crippen LogP contribution is -2.20. The minimum absolute atomic E-state index is 0.201. The number of rotatable bonds is 4. The van der Waals surface area contributed by atoms with E-state index in [1.54, 1.807) is 6.92 Å². The molecule has 0 aliphatic heterocycles. The molecule has 6 nitrogen and oxygen atoms in total. The van der Waals surface area contributed by atoms with Gasteiger partial charge in [0, 0.05) is 0 Å². The van der Waals surface area contributed by atoms with Crippen LogP contribution in [0, 0.1) is 6.92 Å². The Kier molecular flexibility index (Phi) is 4.83. The van der Waals surface area contributed by atoms with Crippen LogP contribution in [0.5, 0.6) is 5.88 Å². The van der Waals surface area contributed by atoms with Crippen LogP contribution in [0.4, 0.5) is 0 Å². The van der Waals surface area contributed by atoms with Gasteiger partial charge < -0.3 is 14.2 Å². The van der Waals surface area contributed by atoms with Crippen molar-refractivity contribution in [1.29, 1.82) is 0 Å². The number of ether oxygens (including phenoxy) is 3. The van der Waals surface area contributed by atoms with E-state index in [-0.39, 0.29) is 23.7 Å². The summed E-state index contributed by atoms with van der Waals surface area (Å²) in [5.74, 6) is 0.154. The maximum atomic E-state index is 11.6. The van der Waals surface area contributed by atoms with Gasteiger partial charge >= 0.3 is 5.97 Å². The monoisotopic (exact) mass is 268 g/mol. The molecular weight excluding hydrogens is 248 g/mol. The molecule has 106 valence electrons. The van der Waals surface area contributed by atoms with E-state index in [2.05, 4.69) is 14.7 Å². The van der Waals surface area contributed by atoms with Crippen molar-refractivity contribution in [3.05, 3.63) is 17.1 Å². The highest BCUT2D eigenvalue weighted by Gasteiger charge is 2.21. The molecule has 1 heterocycles. The summed E-state index contributed by atoms with van der Waals surface area (Å²) >= 11 is 0. The molecule has 0 atom stereocenters. The number of nitrogens with zero attached hydrogens (tertiary/aromatic N) is 2. The fourth-order valence-corrected chi connectivity index (χ4v) is 1.43. The molecule has 1 aromatic rings. The molecule has 0 unspecified atom stereocenters. The zero-order chi connectivity index (χ0) is 14.6. The van der Waals surface area contributed by atoms with Crippen molar-refractivity contribution in [2.75, 3.05) is 14.2 Å². The van der Waals surface area contributed by atoms with Crippen molar-refractivity contribution < 1.29 is 19.0 Å². The van der Waals surface area contributed by atoms with Crippen LogP contribution in [0.25, 0.3) is 0 Å². The summed E-state index contributed by atoms with van der Waals surface area (Å²) in [6.45, 7) is 7.79. The first kappa shape index (κ1) is 15.4. The number of esters is 1. The average Bonchev–Trinajstić information content (AvgIpc) is 2.33. The topological polar surface area (TPSA) is 70.5 Å². The normalized spacial score (nSPS) is 11.3. The van der Waals surface area contributed by atoms with Crippen LogP contribution >= 0.6 is 0 Å². The zero-order valence-electron chi connectivity index (χ0n) is 12.2. The molecular formula is C13H20N2O4. The summed E-state index contributed by atoms with van der Waals surface area (Å²) in [7, 11) is 2.75. The summed E-state index contributed by atoms with van der Waals surface area (Å²) in [6, 6.07) is 0. The van der Waals surface area contributed by atoms with E-state index in [1.165, 1.54) is 14.2 Å². The Morgan fingerprint density at radius 3 is 2.32 bits per heavy atom. The van der Waals surface area contributed by atoms with Crippen molar-refractivity contribution in [3.8, 4) is 5.88 Å². The van der Waals surface area contributed by atoms with E-state index < -0.39 is 5.97 Å². The Bertz CT molecular complexity index is 466. The predicted molar refractivity (Wildman–Crippen MR) is 69.2 cm³/mol. The Morgan fingerprint density at radius 1 is 1.21 bits per heavy atom. The van der Waals surface area contributed by atoms with Crippen LogP contribution in [0.3, 0.4) is 0 Å². The van der Waals surface area contributed by atoms with Crippen LogP contribution in [-0.2, 0) is 16.1 Å². The van der Waals surface area contributed by atoms with E-state index in [0.717, 1.165) is 0 Å². The maximum Gasteiger partial charge on any atom is 0.345 e. The number of aryl methyl sites for hydroxylation is 1. The van der Waals surface area contributed by atoms with Gasteiger partial charge in [-0.15, -0.1) is 0 Å². The summed E-state index contributed by atoms with van der Waals surface area (Å²) in [6.07, 6.45) is 0. The first-order valence-corrected chi connectivity index (χ1v) is 5.92. The van der Waals surface area contributed by atoms with Crippen LogP contribution < -0.4 is 4.74 Å². The van der Waals surface area contributed by atoms with Gasteiger partial charge in [-0.05, 0) is 27.7 Å². The zero-order valence-corrected chi connectivity index (χ0v) is 12.2. The third kappa shape index (κ3) is 4.17. The molecule has 0 saturated carbocycles. The largest absolute Gasteiger partial charge is 0.480 e. The Labute approximate surface area is 113 Å². The van der Waals surface area contributed by atoms with Gasteiger partial charge in [-0.3, -0.25) is 0 Å². The SMILES string of the molecule is COC(=O)c1c(C)nc(COC(C)(C)C)nc1OC. The fraction of sp³-hybridized carbons (Fsp3) is 0.615. The predicted octanol–water partition coefficient (Wildman–Crippen LogP) is 1.90. The van der Waals surface area contributed by atoms with Gasteiger partial charge in [-0.25, -0.2) is 9.78 Å². The molecule has 0 fully saturated rings. The molecule has 0 spiro atoms. The molecule has 0 N–H and O–H groups in total. The van der Waals surface area contributed by atoms with Gasteiger partial charge in [-0.2, -0.15) is 4.98 Å². The van der Waals surface area contributed by atoms with Crippen LogP contribution in [0.2, 0.25) is 0 Å². The highest BCUT2D eigenvalue weighted by molar-refractivity contribution is 5.92. The first-order valence-electron chi connectivity index (χ1n) is 5.92. The van der Waals surface area contributed by atoms with Gasteiger partial charge in [0.25, 0.3) is 0 Å². The molecule has 6 heteroatoms. The van der Waals surface area contributed by atoms with Gasteiger partial charge in [0.2, 0.25) is 5.88 Å². The van der Waals surface area contributed by atoms with Crippen LogP contribution in [0.1, 0.15) is 42.6 Å². The molecule has 0 amide bonds. The van der Waals surface area contributed by atoms with Crippen molar-refractivity contribution in [3.63, 3.8) is 0 Å².